The number of carbonyl (C=O) groups is 1. The first-order valence-electron chi connectivity index (χ1n) is 10.9. The number of nitrogens with zero attached hydrogens (tertiary/aromatic N) is 1. The van der Waals surface area contributed by atoms with E-state index in [0.29, 0.717) is 23.4 Å². The molecule has 1 saturated carbocycles. The minimum absolute atomic E-state index is 0.135. The molecule has 1 aliphatic carbocycles. The number of aliphatic carboxylic acids is 1. The molecule has 0 bridgehead atoms. The molecule has 2 aromatic rings. The number of ether oxygens (including phenoxy) is 2. The van der Waals surface area contributed by atoms with Crippen LogP contribution in [0.1, 0.15) is 42.4 Å². The van der Waals surface area contributed by atoms with E-state index in [4.69, 9.17) is 9.47 Å². The van der Waals surface area contributed by atoms with Crippen molar-refractivity contribution in [3.8, 4) is 11.5 Å². The van der Waals surface area contributed by atoms with E-state index in [1.54, 1.807) is 12.1 Å². The highest BCUT2D eigenvalue weighted by Gasteiger charge is 2.51. The lowest BCUT2D eigenvalue weighted by molar-refractivity contribution is -0.144. The molecule has 0 spiro atoms. The minimum Gasteiger partial charge on any atom is -0.494 e. The lowest BCUT2D eigenvalue weighted by atomic mass is 9.86. The lowest BCUT2D eigenvalue weighted by Gasteiger charge is -2.32. The maximum absolute atomic E-state index is 14.4. The molecule has 2 aliphatic heterocycles. The summed E-state index contributed by atoms with van der Waals surface area (Å²) < 4.78 is 39.8. The zero-order valence-corrected chi connectivity index (χ0v) is 17.9. The molecule has 32 heavy (non-hydrogen) atoms. The van der Waals surface area contributed by atoms with Gasteiger partial charge in [-0.2, -0.15) is 0 Å². The molecule has 2 aromatic carbocycles. The normalized spacial score (nSPS) is 19.5. The van der Waals surface area contributed by atoms with Gasteiger partial charge in [-0.3, -0.25) is 4.79 Å². The smallest absolute Gasteiger partial charge is 0.310 e. The summed E-state index contributed by atoms with van der Waals surface area (Å²) in [7, 11) is 1.42. The van der Waals surface area contributed by atoms with Crippen LogP contribution in [0, 0.1) is 17.0 Å². The van der Waals surface area contributed by atoms with E-state index in [1.165, 1.54) is 25.3 Å². The van der Waals surface area contributed by atoms with Crippen molar-refractivity contribution in [2.24, 2.45) is 5.41 Å². The molecule has 0 atom stereocenters. The Morgan fingerprint density at radius 3 is 2.56 bits per heavy atom. The molecule has 3 aliphatic rings. The molecular weight excluding hydrogens is 416 g/mol. The fraction of sp³-hybridized carbons (Fsp3) is 0.400. The summed E-state index contributed by atoms with van der Waals surface area (Å²) in [6.07, 6.45) is 2.91. The molecule has 2 heterocycles. The molecule has 0 amide bonds. The second-order valence-electron chi connectivity index (χ2n) is 8.91. The van der Waals surface area contributed by atoms with E-state index in [2.05, 4.69) is 4.90 Å². The Balaban J connectivity index is 1.55. The van der Waals surface area contributed by atoms with Crippen LogP contribution in [0.3, 0.4) is 0 Å². The van der Waals surface area contributed by atoms with Crippen LogP contribution in [0.15, 0.2) is 35.9 Å². The van der Waals surface area contributed by atoms with Gasteiger partial charge in [-0.15, -0.1) is 0 Å². The molecular formula is C25H25F2NO4. The van der Waals surface area contributed by atoms with Crippen molar-refractivity contribution in [2.75, 3.05) is 26.7 Å². The quantitative estimate of drug-likeness (QED) is 0.750. The number of carboxylic acid groups (broad SMARTS) is 1. The Morgan fingerprint density at radius 1 is 1.16 bits per heavy atom. The van der Waals surface area contributed by atoms with Crippen LogP contribution in [0.2, 0.25) is 0 Å². The third-order valence-corrected chi connectivity index (χ3v) is 6.89. The molecule has 168 valence electrons. The van der Waals surface area contributed by atoms with Gasteiger partial charge in [-0.25, -0.2) is 8.78 Å². The maximum atomic E-state index is 14.4. The lowest BCUT2D eigenvalue weighted by Crippen LogP contribution is -2.38. The fourth-order valence-electron chi connectivity index (χ4n) is 4.86. The van der Waals surface area contributed by atoms with E-state index < -0.39 is 17.2 Å². The van der Waals surface area contributed by atoms with Crippen molar-refractivity contribution >= 4 is 11.5 Å². The maximum Gasteiger partial charge on any atom is 0.310 e. The van der Waals surface area contributed by atoms with Crippen LogP contribution in [-0.2, 0) is 11.4 Å². The summed E-state index contributed by atoms with van der Waals surface area (Å²) in [6.45, 7) is 2.20. The number of likely N-dealkylation sites (tertiary alicyclic amines) is 1. The predicted molar refractivity (Wildman–Crippen MR) is 115 cm³/mol. The fourth-order valence-corrected chi connectivity index (χ4v) is 4.86. The highest BCUT2D eigenvalue weighted by atomic mass is 19.1. The predicted octanol–water partition coefficient (Wildman–Crippen LogP) is 4.63. The Kier molecular flexibility index (Phi) is 5.16. The largest absolute Gasteiger partial charge is 0.494 e. The number of methoxy groups -OCH3 is 1. The topological polar surface area (TPSA) is 59.0 Å². The van der Waals surface area contributed by atoms with Crippen molar-refractivity contribution in [1.29, 1.82) is 0 Å². The van der Waals surface area contributed by atoms with Crippen LogP contribution in [-0.4, -0.2) is 42.7 Å². The van der Waals surface area contributed by atoms with Gasteiger partial charge in [0.25, 0.3) is 0 Å². The van der Waals surface area contributed by atoms with Crippen LogP contribution in [0.25, 0.3) is 5.57 Å². The Bertz CT molecular complexity index is 1110. The summed E-state index contributed by atoms with van der Waals surface area (Å²) in [5.74, 6) is -0.840. The molecule has 1 saturated heterocycles. The SMILES string of the molecule is COc1cc2c(cc1F)COc1ccc(F)cc1C2=C1CCN(CC2(C(=O)O)CC2)CC1. The molecule has 0 radical (unpaired) electrons. The number of fused-ring (bicyclic) bond motifs is 2. The number of hydrogen-bond acceptors (Lipinski definition) is 4. The summed E-state index contributed by atoms with van der Waals surface area (Å²) in [5, 5.41) is 9.51. The molecule has 5 nitrogen and oxygen atoms in total. The number of halogens is 2. The van der Waals surface area contributed by atoms with Gasteiger partial charge in [0.15, 0.2) is 11.6 Å². The van der Waals surface area contributed by atoms with Crippen LogP contribution in [0.5, 0.6) is 11.5 Å². The zero-order chi connectivity index (χ0) is 22.5. The zero-order valence-electron chi connectivity index (χ0n) is 17.9. The summed E-state index contributed by atoms with van der Waals surface area (Å²) >= 11 is 0. The second-order valence-corrected chi connectivity index (χ2v) is 8.91. The van der Waals surface area contributed by atoms with E-state index >= 15 is 0 Å². The minimum atomic E-state index is -0.713. The van der Waals surface area contributed by atoms with Crippen molar-refractivity contribution in [3.05, 3.63) is 64.2 Å². The number of hydrogen-bond donors (Lipinski definition) is 1. The van der Waals surface area contributed by atoms with Crippen molar-refractivity contribution in [2.45, 2.75) is 32.3 Å². The van der Waals surface area contributed by atoms with Crippen LogP contribution < -0.4 is 9.47 Å². The van der Waals surface area contributed by atoms with Crippen molar-refractivity contribution < 1.29 is 28.2 Å². The third-order valence-electron chi connectivity index (χ3n) is 6.89. The Morgan fingerprint density at radius 2 is 1.91 bits per heavy atom. The van der Waals surface area contributed by atoms with Crippen molar-refractivity contribution in [1.82, 2.24) is 4.90 Å². The van der Waals surface area contributed by atoms with Crippen LogP contribution in [0.4, 0.5) is 8.78 Å². The van der Waals surface area contributed by atoms with Gasteiger partial charge in [0.1, 0.15) is 18.2 Å². The molecule has 2 fully saturated rings. The first-order valence-corrected chi connectivity index (χ1v) is 10.9. The first kappa shape index (κ1) is 20.9. The van der Waals surface area contributed by atoms with Gasteiger partial charge in [-0.1, -0.05) is 5.57 Å². The first-order chi connectivity index (χ1) is 15.4. The Labute approximate surface area is 185 Å². The third kappa shape index (κ3) is 3.64. The van der Waals surface area contributed by atoms with Gasteiger partial charge >= 0.3 is 5.97 Å². The number of piperidine rings is 1. The second kappa shape index (κ2) is 7.89. The van der Waals surface area contributed by atoms with Gasteiger partial charge in [0.2, 0.25) is 0 Å². The number of rotatable bonds is 4. The standard InChI is InChI=1S/C25H25F2NO4/c1-31-22-12-18-16(10-20(22)27)13-32-21-3-2-17(26)11-19(21)23(18)15-4-8-28(9-5-15)14-25(6-7-25)24(29)30/h2-3,10-12H,4-9,13-14H2,1H3,(H,29,30). The average molecular weight is 441 g/mol. The molecule has 5 rings (SSSR count). The molecule has 7 heteroatoms. The summed E-state index contributed by atoms with van der Waals surface area (Å²) in [4.78, 5) is 13.8. The molecule has 1 N–H and O–H groups in total. The van der Waals surface area contributed by atoms with Crippen LogP contribution >= 0.6 is 0 Å². The van der Waals surface area contributed by atoms with Gasteiger partial charge in [0.05, 0.1) is 12.5 Å². The van der Waals surface area contributed by atoms with Crippen molar-refractivity contribution in [3.63, 3.8) is 0 Å². The number of carboxylic acids is 1. The highest BCUT2D eigenvalue weighted by Crippen LogP contribution is 2.47. The number of benzene rings is 2. The van der Waals surface area contributed by atoms with Gasteiger partial charge < -0.3 is 19.5 Å². The van der Waals surface area contributed by atoms with Gasteiger partial charge in [0, 0.05) is 30.8 Å². The average Bonchev–Trinajstić information content (AvgIpc) is 3.57. The molecule has 0 unspecified atom stereocenters. The molecule has 0 aromatic heterocycles. The summed E-state index contributed by atoms with van der Waals surface area (Å²) in [5.41, 5.74) is 3.55. The summed E-state index contributed by atoms with van der Waals surface area (Å²) in [6, 6.07) is 7.55. The van der Waals surface area contributed by atoms with E-state index in [1.807, 2.05) is 0 Å². The van der Waals surface area contributed by atoms with E-state index in [9.17, 15) is 18.7 Å². The van der Waals surface area contributed by atoms with Gasteiger partial charge in [-0.05, 0) is 67.2 Å². The highest BCUT2D eigenvalue weighted by molar-refractivity contribution is 5.87. The monoisotopic (exact) mass is 441 g/mol. The van der Waals surface area contributed by atoms with E-state index in [-0.39, 0.29) is 18.2 Å². The van der Waals surface area contributed by atoms with E-state index in [0.717, 1.165) is 55.5 Å². The Hall–Kier alpha value is -2.93.